The minimum absolute atomic E-state index is 0.0709. The number of hydrogen-bond donors (Lipinski definition) is 2. The van der Waals surface area contributed by atoms with Gasteiger partial charge in [0, 0.05) is 11.7 Å². The van der Waals surface area contributed by atoms with Gasteiger partial charge in [0.2, 0.25) is 0 Å². The fourth-order valence-electron chi connectivity index (χ4n) is 1.14. The first-order valence-corrected chi connectivity index (χ1v) is 8.65. The van der Waals surface area contributed by atoms with Gasteiger partial charge in [0.25, 0.3) is 0 Å². The van der Waals surface area contributed by atoms with Crippen molar-refractivity contribution in [3.05, 3.63) is 30.1 Å². The van der Waals surface area contributed by atoms with E-state index in [9.17, 15) is 0 Å². The predicted octanol–water partition coefficient (Wildman–Crippen LogP) is 3.44. The van der Waals surface area contributed by atoms with E-state index in [0.29, 0.717) is 5.11 Å². The Morgan fingerprint density at radius 2 is 1.95 bits per heavy atom. The normalized spacial score (nSPS) is 11.4. The number of nitrogens with zero attached hydrogens (tertiary/aromatic N) is 2. The molecule has 0 radical (unpaired) electrons. The molecule has 0 spiro atoms. The van der Waals surface area contributed by atoms with Gasteiger partial charge in [0.1, 0.15) is 0 Å². The molecule has 1 aromatic heterocycles. The summed E-state index contributed by atoms with van der Waals surface area (Å²) in [6, 6.07) is 5.70. The minimum atomic E-state index is -0.0709. The molecule has 8 heteroatoms. The van der Waals surface area contributed by atoms with Crippen LogP contribution in [0.3, 0.4) is 0 Å². The van der Waals surface area contributed by atoms with Crippen molar-refractivity contribution in [3.63, 3.8) is 0 Å². The van der Waals surface area contributed by atoms with Crippen molar-refractivity contribution < 1.29 is 13.1 Å². The van der Waals surface area contributed by atoms with Gasteiger partial charge in [-0.05, 0) is 52.0 Å². The second-order valence-corrected chi connectivity index (χ2v) is 6.73. The van der Waals surface area contributed by atoms with Crippen molar-refractivity contribution in [2.24, 2.45) is 5.10 Å². The Morgan fingerprint density at radius 3 is 2.40 bits per heavy atom. The van der Waals surface area contributed by atoms with Crippen LogP contribution in [0.4, 0.5) is 0 Å². The van der Waals surface area contributed by atoms with Gasteiger partial charge in [0.15, 0.2) is 5.11 Å². The van der Waals surface area contributed by atoms with Gasteiger partial charge in [-0.1, -0.05) is 6.07 Å². The van der Waals surface area contributed by atoms with Crippen LogP contribution in [0.5, 0.6) is 0 Å². The van der Waals surface area contributed by atoms with E-state index in [-0.39, 0.29) is 5.54 Å². The van der Waals surface area contributed by atoms with Crippen molar-refractivity contribution in [2.75, 3.05) is 0 Å². The molecule has 2 N–H and O–H groups in total. The molecular weight excluding hydrogens is 367 g/mol. The molecule has 0 amide bonds. The summed E-state index contributed by atoms with van der Waals surface area (Å²) in [5.74, 6) is 0. The molecule has 0 aliphatic carbocycles. The molecule has 0 saturated heterocycles. The molecule has 0 aromatic carbocycles. The zero-order chi connectivity index (χ0) is 15.6. The molecule has 117 valence electrons. The van der Waals surface area contributed by atoms with Crippen LogP contribution in [-0.2, 0) is 13.1 Å². The zero-order valence-corrected chi connectivity index (χ0v) is 14.9. The van der Waals surface area contributed by atoms with E-state index in [1.807, 2.05) is 45.9 Å². The third kappa shape index (κ3) is 10.4. The standard InChI is InChI=1S/C12H18N4S.2ClH.Cu/c1-9(10-7-5-6-8-13-10)15-16-11(17)14-12(2,3)4;;;/h5-8H,1-4H3,(H2,14,16,17);2*1H;/q;;;+2/p-2/b15-9+;;;. The molecule has 0 aliphatic heterocycles. The van der Waals surface area contributed by atoms with Crippen LogP contribution in [0.25, 0.3) is 0 Å². The van der Waals surface area contributed by atoms with E-state index in [1.165, 1.54) is 0 Å². The van der Waals surface area contributed by atoms with Crippen LogP contribution in [0, 0.1) is 0 Å². The van der Waals surface area contributed by atoms with Gasteiger partial charge >= 0.3 is 33.3 Å². The molecule has 0 unspecified atom stereocenters. The first-order chi connectivity index (χ1) is 9.30. The van der Waals surface area contributed by atoms with Crippen molar-refractivity contribution >= 4 is 43.2 Å². The van der Waals surface area contributed by atoms with Crippen molar-refractivity contribution in [2.45, 2.75) is 33.2 Å². The van der Waals surface area contributed by atoms with Crippen LogP contribution < -0.4 is 10.7 Å². The number of hydrazone groups is 1. The maximum atomic E-state index is 5.12. The fraction of sp³-hybridized carbons (Fsp3) is 0.417. The Labute approximate surface area is 140 Å². The Hall–Kier alpha value is -0.391. The van der Waals surface area contributed by atoms with Crippen LogP contribution in [0.1, 0.15) is 33.4 Å². The topological polar surface area (TPSA) is 49.3 Å². The molecular formula is C12H18Cl2CuN4S. The summed E-state index contributed by atoms with van der Waals surface area (Å²) in [7, 11) is 9.34. The number of pyridine rings is 1. The summed E-state index contributed by atoms with van der Waals surface area (Å²) in [6.45, 7) is 8.00. The van der Waals surface area contributed by atoms with Gasteiger partial charge in [-0.15, -0.1) is 0 Å². The zero-order valence-electron chi connectivity index (χ0n) is 11.7. The first kappa shape index (κ1) is 19.6. The predicted molar refractivity (Wildman–Crippen MR) is 86.8 cm³/mol. The molecule has 1 aromatic rings. The van der Waals surface area contributed by atoms with Crippen LogP contribution >= 0.6 is 32.4 Å². The maximum absolute atomic E-state index is 5.12. The number of halogens is 2. The third-order valence-corrected chi connectivity index (χ3v) is 2.04. The van der Waals surface area contributed by atoms with E-state index in [1.54, 1.807) is 6.20 Å². The Balaban J connectivity index is 0.00000110. The van der Waals surface area contributed by atoms with Gasteiger partial charge in [-0.25, -0.2) is 0 Å². The van der Waals surface area contributed by atoms with Crippen LogP contribution in [0.15, 0.2) is 29.5 Å². The Kier molecular flexibility index (Phi) is 10.2. The Morgan fingerprint density at radius 1 is 1.35 bits per heavy atom. The third-order valence-electron chi connectivity index (χ3n) is 1.85. The summed E-state index contributed by atoms with van der Waals surface area (Å²) in [4.78, 5) is 4.20. The first-order valence-electron chi connectivity index (χ1n) is 5.65. The molecule has 1 heterocycles. The van der Waals surface area contributed by atoms with E-state index >= 15 is 0 Å². The number of nitrogens with one attached hydrogen (secondary N) is 2. The molecule has 1 rings (SSSR count). The van der Waals surface area contributed by atoms with Crippen molar-refractivity contribution in [1.82, 2.24) is 15.7 Å². The number of rotatable bonds is 2. The monoisotopic (exact) mass is 383 g/mol. The van der Waals surface area contributed by atoms with Gasteiger partial charge < -0.3 is 5.32 Å². The molecule has 0 atom stereocenters. The molecule has 4 nitrogen and oxygen atoms in total. The van der Waals surface area contributed by atoms with Crippen molar-refractivity contribution in [3.8, 4) is 0 Å². The fourth-order valence-corrected chi connectivity index (χ4v) is 1.49. The summed E-state index contributed by atoms with van der Waals surface area (Å²) < 4.78 is 0. The van der Waals surface area contributed by atoms with E-state index in [4.69, 9.17) is 12.2 Å². The quantitative estimate of drug-likeness (QED) is 0.355. The Bertz CT molecular complexity index is 435. The van der Waals surface area contributed by atoms with E-state index in [0.717, 1.165) is 24.5 Å². The van der Waals surface area contributed by atoms with Crippen LogP contribution in [0.2, 0.25) is 0 Å². The summed E-state index contributed by atoms with van der Waals surface area (Å²) >= 11 is 5.88. The second-order valence-electron chi connectivity index (χ2n) is 4.77. The van der Waals surface area contributed by atoms with Gasteiger partial charge in [-0.2, -0.15) is 5.10 Å². The molecule has 20 heavy (non-hydrogen) atoms. The number of aromatic nitrogens is 1. The molecule has 0 aliphatic rings. The van der Waals surface area contributed by atoms with Gasteiger partial charge in [0.05, 0.1) is 11.4 Å². The van der Waals surface area contributed by atoms with E-state index in [2.05, 4.69) is 41.0 Å². The average molecular weight is 385 g/mol. The van der Waals surface area contributed by atoms with Gasteiger partial charge in [-0.3, -0.25) is 10.4 Å². The second kappa shape index (κ2) is 10.4. The molecule has 0 saturated carbocycles. The average Bonchev–Trinajstić information content (AvgIpc) is 2.36. The SMILES string of the molecule is C/C(=N\NC(=S)NC(C)(C)C)c1ccccn1.[Cl][Cu][Cl]. The molecule has 0 bridgehead atoms. The summed E-state index contributed by atoms with van der Waals surface area (Å²) in [5, 5.41) is 7.80. The van der Waals surface area contributed by atoms with Crippen molar-refractivity contribution in [1.29, 1.82) is 0 Å². The summed E-state index contributed by atoms with van der Waals surface area (Å²) in [6.07, 6.45) is 1.74. The van der Waals surface area contributed by atoms with Crippen LogP contribution in [-0.4, -0.2) is 21.3 Å². The number of hydrogen-bond acceptors (Lipinski definition) is 3. The summed E-state index contributed by atoms with van der Waals surface area (Å²) in [5.41, 5.74) is 4.36. The van der Waals surface area contributed by atoms with E-state index < -0.39 is 0 Å². The molecule has 0 fully saturated rings. The number of thiocarbonyl (C=S) groups is 1.